The van der Waals surface area contributed by atoms with Crippen LogP contribution in [0.5, 0.6) is 0 Å². The second-order valence-electron chi connectivity index (χ2n) is 4.41. The van der Waals surface area contributed by atoms with Crippen LogP contribution in [0.3, 0.4) is 0 Å². The molecule has 2 heteroatoms. The summed E-state index contributed by atoms with van der Waals surface area (Å²) in [5.74, 6) is 1.34. The average molecular weight is 191 g/mol. The number of aliphatic hydroxyl groups excluding tert-OH is 1. The Morgan fingerprint density at radius 3 is 2.71 bits per heavy atom. The van der Waals surface area contributed by atoms with Crippen molar-refractivity contribution in [2.75, 3.05) is 0 Å². The van der Waals surface area contributed by atoms with Crippen molar-refractivity contribution < 1.29 is 5.11 Å². The van der Waals surface area contributed by atoms with E-state index in [0.717, 1.165) is 5.69 Å². The Balaban J connectivity index is 2.05. The van der Waals surface area contributed by atoms with Crippen molar-refractivity contribution in [1.29, 1.82) is 0 Å². The number of hydrogen-bond acceptors (Lipinski definition) is 2. The minimum absolute atomic E-state index is 0.158. The van der Waals surface area contributed by atoms with Gasteiger partial charge < -0.3 is 5.11 Å². The van der Waals surface area contributed by atoms with E-state index < -0.39 is 0 Å². The smallest absolute Gasteiger partial charge is 0.0651 e. The zero-order valence-corrected chi connectivity index (χ0v) is 8.72. The van der Waals surface area contributed by atoms with Gasteiger partial charge in [0.1, 0.15) is 0 Å². The number of aliphatic hydroxyl groups is 1. The Morgan fingerprint density at radius 1 is 1.50 bits per heavy atom. The molecule has 4 unspecified atom stereocenters. The van der Waals surface area contributed by atoms with Crippen molar-refractivity contribution in [3.05, 3.63) is 30.1 Å². The van der Waals surface area contributed by atoms with Crippen LogP contribution in [-0.2, 0) is 0 Å². The van der Waals surface area contributed by atoms with E-state index in [2.05, 4.69) is 18.8 Å². The van der Waals surface area contributed by atoms with Crippen LogP contribution in [0.1, 0.15) is 31.9 Å². The van der Waals surface area contributed by atoms with E-state index in [1.807, 2.05) is 18.2 Å². The lowest BCUT2D eigenvalue weighted by atomic mass is 9.96. The third kappa shape index (κ3) is 1.80. The molecule has 2 nitrogen and oxygen atoms in total. The molecule has 0 aromatic carbocycles. The van der Waals surface area contributed by atoms with E-state index >= 15 is 0 Å². The summed E-state index contributed by atoms with van der Waals surface area (Å²) >= 11 is 0. The zero-order chi connectivity index (χ0) is 10.1. The van der Waals surface area contributed by atoms with Gasteiger partial charge in [-0.05, 0) is 30.4 Å². The molecule has 0 spiro atoms. The van der Waals surface area contributed by atoms with Crippen molar-refractivity contribution in [3.63, 3.8) is 0 Å². The van der Waals surface area contributed by atoms with E-state index in [1.165, 1.54) is 6.42 Å². The van der Waals surface area contributed by atoms with E-state index in [0.29, 0.717) is 11.8 Å². The molecule has 1 aromatic heterocycles. The Bertz CT molecular complexity index is 298. The highest BCUT2D eigenvalue weighted by Crippen LogP contribution is 2.44. The summed E-state index contributed by atoms with van der Waals surface area (Å²) in [6.45, 7) is 4.25. The molecule has 1 aliphatic carbocycles. The second-order valence-corrected chi connectivity index (χ2v) is 4.41. The highest BCUT2D eigenvalue weighted by molar-refractivity contribution is 5.12. The van der Waals surface area contributed by atoms with Crippen molar-refractivity contribution >= 4 is 0 Å². The lowest BCUT2D eigenvalue weighted by Gasteiger charge is -2.17. The van der Waals surface area contributed by atoms with Crippen LogP contribution in [0.2, 0.25) is 0 Å². The van der Waals surface area contributed by atoms with E-state index in [9.17, 15) is 5.11 Å². The first-order valence-electron chi connectivity index (χ1n) is 5.29. The molecule has 0 amide bonds. The lowest BCUT2D eigenvalue weighted by molar-refractivity contribution is 0.120. The summed E-state index contributed by atoms with van der Waals surface area (Å²) in [6, 6.07) is 5.87. The van der Waals surface area contributed by atoms with Gasteiger partial charge in [0.25, 0.3) is 0 Å². The Labute approximate surface area is 85.0 Å². The van der Waals surface area contributed by atoms with Gasteiger partial charge in [0.05, 0.1) is 6.10 Å². The molecule has 1 aromatic rings. The van der Waals surface area contributed by atoms with Crippen LogP contribution in [0.4, 0.5) is 0 Å². The number of rotatable bonds is 3. The molecule has 0 saturated heterocycles. The van der Waals surface area contributed by atoms with Crippen LogP contribution in [0.15, 0.2) is 24.4 Å². The molecule has 1 heterocycles. The highest BCUT2D eigenvalue weighted by Gasteiger charge is 2.41. The average Bonchev–Trinajstić information content (AvgIpc) is 2.95. The maximum Gasteiger partial charge on any atom is 0.0651 e. The molecule has 1 saturated carbocycles. The molecular formula is C12H17NO. The van der Waals surface area contributed by atoms with Gasteiger partial charge >= 0.3 is 0 Å². The third-order valence-electron chi connectivity index (χ3n) is 3.28. The number of aromatic nitrogens is 1. The van der Waals surface area contributed by atoms with Gasteiger partial charge in [-0.1, -0.05) is 19.9 Å². The van der Waals surface area contributed by atoms with Gasteiger partial charge in [0, 0.05) is 17.8 Å². The second kappa shape index (κ2) is 3.70. The van der Waals surface area contributed by atoms with Gasteiger partial charge in [0.15, 0.2) is 0 Å². The first-order valence-corrected chi connectivity index (χ1v) is 5.29. The van der Waals surface area contributed by atoms with Crippen molar-refractivity contribution in [2.45, 2.75) is 32.3 Å². The summed E-state index contributed by atoms with van der Waals surface area (Å²) in [7, 11) is 0. The Hall–Kier alpha value is -0.890. The molecule has 0 bridgehead atoms. The maximum atomic E-state index is 10.0. The molecule has 1 N–H and O–H groups in total. The summed E-state index contributed by atoms with van der Waals surface area (Å²) < 4.78 is 0. The first kappa shape index (κ1) is 9.66. The molecule has 76 valence electrons. The van der Waals surface area contributed by atoms with Crippen LogP contribution in [0.25, 0.3) is 0 Å². The Morgan fingerprint density at radius 2 is 2.21 bits per heavy atom. The molecular weight excluding hydrogens is 174 g/mol. The lowest BCUT2D eigenvalue weighted by Crippen LogP contribution is -2.19. The normalized spacial score (nSPS) is 29.6. The molecule has 1 aliphatic rings. The van der Waals surface area contributed by atoms with Gasteiger partial charge in [0.2, 0.25) is 0 Å². The quantitative estimate of drug-likeness (QED) is 0.794. The number of nitrogens with zero attached hydrogens (tertiary/aromatic N) is 1. The van der Waals surface area contributed by atoms with Crippen molar-refractivity contribution in [3.8, 4) is 0 Å². The van der Waals surface area contributed by atoms with Crippen LogP contribution >= 0.6 is 0 Å². The highest BCUT2D eigenvalue weighted by atomic mass is 16.3. The van der Waals surface area contributed by atoms with Crippen molar-refractivity contribution in [2.24, 2.45) is 11.8 Å². The number of pyridine rings is 1. The fourth-order valence-electron chi connectivity index (χ4n) is 2.02. The molecule has 14 heavy (non-hydrogen) atoms. The summed E-state index contributed by atoms with van der Waals surface area (Å²) in [6.07, 6.45) is 2.73. The van der Waals surface area contributed by atoms with Gasteiger partial charge in [-0.25, -0.2) is 0 Å². The fraction of sp³-hybridized carbons (Fsp3) is 0.583. The first-order chi connectivity index (χ1) is 6.70. The summed E-state index contributed by atoms with van der Waals surface area (Å²) in [4.78, 5) is 4.27. The molecule has 4 atom stereocenters. The molecule has 0 radical (unpaired) electrons. The van der Waals surface area contributed by atoms with Crippen LogP contribution < -0.4 is 0 Å². The van der Waals surface area contributed by atoms with Crippen LogP contribution in [0, 0.1) is 11.8 Å². The van der Waals surface area contributed by atoms with Gasteiger partial charge in [-0.3, -0.25) is 4.98 Å². The minimum Gasteiger partial charge on any atom is -0.392 e. The van der Waals surface area contributed by atoms with E-state index in [-0.39, 0.29) is 12.0 Å². The Kier molecular flexibility index (Phi) is 2.55. The summed E-state index contributed by atoms with van der Waals surface area (Å²) in [5, 5.41) is 10.0. The van der Waals surface area contributed by atoms with Crippen molar-refractivity contribution in [1.82, 2.24) is 4.98 Å². The molecule has 2 rings (SSSR count). The largest absolute Gasteiger partial charge is 0.392 e. The standard InChI is InChI=1S/C12H17NO/c1-8-7-10(8)12(14)9(2)11-5-3-4-6-13-11/h3-6,8-10,12,14H,7H2,1-2H3. The fourth-order valence-corrected chi connectivity index (χ4v) is 2.02. The monoisotopic (exact) mass is 191 g/mol. The van der Waals surface area contributed by atoms with Gasteiger partial charge in [-0.2, -0.15) is 0 Å². The maximum absolute atomic E-state index is 10.0. The molecule has 1 fully saturated rings. The summed E-state index contributed by atoms with van der Waals surface area (Å²) in [5.41, 5.74) is 0.999. The predicted molar refractivity (Wildman–Crippen MR) is 55.9 cm³/mol. The SMILES string of the molecule is CC1CC1C(O)C(C)c1ccccn1. The minimum atomic E-state index is -0.222. The van der Waals surface area contributed by atoms with E-state index in [4.69, 9.17) is 0 Å². The van der Waals surface area contributed by atoms with Gasteiger partial charge in [-0.15, -0.1) is 0 Å². The molecule has 0 aliphatic heterocycles. The number of hydrogen-bond donors (Lipinski definition) is 1. The third-order valence-corrected chi connectivity index (χ3v) is 3.28. The predicted octanol–water partition coefficient (Wildman–Crippen LogP) is 2.20. The zero-order valence-electron chi connectivity index (χ0n) is 8.72. The topological polar surface area (TPSA) is 33.1 Å². The van der Waals surface area contributed by atoms with E-state index in [1.54, 1.807) is 6.20 Å². The van der Waals surface area contributed by atoms with Crippen LogP contribution in [-0.4, -0.2) is 16.2 Å².